The predicted molar refractivity (Wildman–Crippen MR) is 93.8 cm³/mol. The highest BCUT2D eigenvalue weighted by Crippen LogP contribution is 2.19. The smallest absolute Gasteiger partial charge is 0.321 e. The average Bonchev–Trinajstić information content (AvgIpc) is 3.16. The van der Waals surface area contributed by atoms with Crippen molar-refractivity contribution in [2.24, 2.45) is 0 Å². The van der Waals surface area contributed by atoms with E-state index in [1.54, 1.807) is 25.1 Å². The summed E-state index contributed by atoms with van der Waals surface area (Å²) < 4.78 is 10.3. The third-order valence-corrected chi connectivity index (χ3v) is 3.44. The van der Waals surface area contributed by atoms with Crippen LogP contribution in [0.2, 0.25) is 0 Å². The summed E-state index contributed by atoms with van der Waals surface area (Å²) in [4.78, 5) is 26.5. The minimum Gasteiger partial charge on any atom is -0.467 e. The second kappa shape index (κ2) is 7.60. The quantitative estimate of drug-likeness (QED) is 0.710. The lowest BCUT2D eigenvalue weighted by molar-refractivity contribution is 0.0940. The van der Waals surface area contributed by atoms with E-state index in [2.05, 4.69) is 25.4 Å². The van der Waals surface area contributed by atoms with Crippen LogP contribution in [0, 0.1) is 0 Å². The number of hydrogen-bond acceptors (Lipinski definition) is 8. The fourth-order valence-corrected chi connectivity index (χ4v) is 2.13. The largest absolute Gasteiger partial charge is 0.467 e. The summed E-state index contributed by atoms with van der Waals surface area (Å²) in [5.41, 5.74) is 1.02. The fraction of sp³-hybridized carbons (Fsp3) is 0.235. The van der Waals surface area contributed by atoms with E-state index in [9.17, 15) is 4.79 Å². The van der Waals surface area contributed by atoms with Crippen LogP contribution in [0.4, 0.5) is 5.95 Å². The summed E-state index contributed by atoms with van der Waals surface area (Å²) in [6, 6.07) is 11.2. The van der Waals surface area contributed by atoms with Crippen molar-refractivity contribution < 1.29 is 14.1 Å². The molecule has 134 valence electrons. The molecule has 0 spiro atoms. The predicted octanol–water partition coefficient (Wildman–Crippen LogP) is 1.53. The van der Waals surface area contributed by atoms with Crippen molar-refractivity contribution in [2.45, 2.75) is 6.54 Å². The number of anilines is 1. The van der Waals surface area contributed by atoms with Gasteiger partial charge in [-0.2, -0.15) is 15.0 Å². The molecule has 3 aromatic rings. The minimum atomic E-state index is -0.387. The van der Waals surface area contributed by atoms with Crippen LogP contribution in [0.15, 0.2) is 40.9 Å². The molecule has 9 nitrogen and oxygen atoms in total. The van der Waals surface area contributed by atoms with Crippen molar-refractivity contribution in [2.75, 3.05) is 26.1 Å². The number of carbonyl (C=O) groups is 1. The molecule has 0 aliphatic heterocycles. The number of aromatic nitrogens is 4. The average molecular weight is 354 g/mol. The second-order valence-corrected chi connectivity index (χ2v) is 5.56. The molecular weight excluding hydrogens is 336 g/mol. The molecule has 0 aliphatic rings. The highest BCUT2D eigenvalue weighted by Gasteiger charge is 2.15. The van der Waals surface area contributed by atoms with Gasteiger partial charge in [0.25, 0.3) is 5.91 Å². The Morgan fingerprint density at radius 1 is 1.19 bits per heavy atom. The highest BCUT2D eigenvalue weighted by atomic mass is 16.5. The summed E-state index contributed by atoms with van der Waals surface area (Å²) in [6.45, 7) is 0.103. The zero-order chi connectivity index (χ0) is 18.5. The van der Waals surface area contributed by atoms with E-state index in [0.29, 0.717) is 17.5 Å². The fourth-order valence-electron chi connectivity index (χ4n) is 2.13. The number of carbonyl (C=O) groups excluding carboxylic acids is 1. The van der Waals surface area contributed by atoms with E-state index in [1.165, 1.54) is 7.11 Å². The van der Waals surface area contributed by atoms with Crippen LogP contribution in [0.3, 0.4) is 0 Å². The van der Waals surface area contributed by atoms with Crippen LogP contribution in [0.5, 0.6) is 6.01 Å². The lowest BCUT2D eigenvalue weighted by atomic mass is 10.1. The molecule has 9 heteroatoms. The standard InChI is InChI=1S/C17H18N6O3/c1-23(2)16-19-14(20-17(21-16)25-3)10-18-15(24)12-9-13(26-22-12)11-7-5-4-6-8-11/h4-9H,10H2,1-3H3,(H,18,24). The molecule has 3 rings (SSSR count). The van der Waals surface area contributed by atoms with Crippen LogP contribution >= 0.6 is 0 Å². The van der Waals surface area contributed by atoms with Crippen LogP contribution < -0.4 is 15.0 Å². The molecule has 0 saturated heterocycles. The van der Waals surface area contributed by atoms with Gasteiger partial charge in [0.2, 0.25) is 5.95 Å². The van der Waals surface area contributed by atoms with Crippen LogP contribution in [-0.4, -0.2) is 47.2 Å². The Morgan fingerprint density at radius 2 is 1.96 bits per heavy atom. The maximum atomic E-state index is 12.3. The van der Waals surface area contributed by atoms with Gasteiger partial charge in [-0.3, -0.25) is 4.79 Å². The zero-order valence-corrected chi connectivity index (χ0v) is 14.6. The number of ether oxygens (including phenoxy) is 1. The molecule has 2 heterocycles. The lowest BCUT2D eigenvalue weighted by Crippen LogP contribution is -2.25. The van der Waals surface area contributed by atoms with Crippen molar-refractivity contribution in [3.63, 3.8) is 0 Å². The Balaban J connectivity index is 1.70. The first-order valence-corrected chi connectivity index (χ1v) is 7.83. The van der Waals surface area contributed by atoms with E-state index in [1.807, 2.05) is 30.3 Å². The molecule has 0 radical (unpaired) electrons. The number of hydrogen-bond donors (Lipinski definition) is 1. The monoisotopic (exact) mass is 354 g/mol. The van der Waals surface area contributed by atoms with Gasteiger partial charge in [0.15, 0.2) is 17.3 Å². The van der Waals surface area contributed by atoms with Gasteiger partial charge in [0, 0.05) is 25.7 Å². The Labute approximate surface area is 150 Å². The normalized spacial score (nSPS) is 10.4. The lowest BCUT2D eigenvalue weighted by Gasteiger charge is -2.12. The van der Waals surface area contributed by atoms with Gasteiger partial charge in [0.05, 0.1) is 13.7 Å². The topological polar surface area (TPSA) is 106 Å². The molecule has 0 unspecified atom stereocenters. The van der Waals surface area contributed by atoms with E-state index < -0.39 is 0 Å². The third kappa shape index (κ3) is 3.94. The Kier molecular flexibility index (Phi) is 5.07. The first-order chi connectivity index (χ1) is 12.6. The van der Waals surface area contributed by atoms with Gasteiger partial charge in [0.1, 0.15) is 0 Å². The first-order valence-electron chi connectivity index (χ1n) is 7.83. The highest BCUT2D eigenvalue weighted by molar-refractivity contribution is 5.92. The van der Waals surface area contributed by atoms with E-state index in [-0.39, 0.29) is 24.2 Å². The molecular formula is C17H18N6O3. The van der Waals surface area contributed by atoms with Gasteiger partial charge < -0.3 is 19.5 Å². The molecule has 2 aromatic heterocycles. The van der Waals surface area contributed by atoms with E-state index in [4.69, 9.17) is 9.26 Å². The number of amides is 1. The van der Waals surface area contributed by atoms with E-state index in [0.717, 1.165) is 5.56 Å². The van der Waals surface area contributed by atoms with Crippen molar-refractivity contribution in [3.05, 3.63) is 47.9 Å². The van der Waals surface area contributed by atoms with E-state index >= 15 is 0 Å². The van der Waals surface area contributed by atoms with Crippen molar-refractivity contribution in [1.29, 1.82) is 0 Å². The molecule has 26 heavy (non-hydrogen) atoms. The number of rotatable bonds is 6. The molecule has 1 amide bonds. The van der Waals surface area contributed by atoms with Gasteiger partial charge in [-0.15, -0.1) is 0 Å². The number of benzene rings is 1. The third-order valence-electron chi connectivity index (χ3n) is 3.44. The second-order valence-electron chi connectivity index (χ2n) is 5.56. The number of nitrogens with zero attached hydrogens (tertiary/aromatic N) is 5. The van der Waals surface area contributed by atoms with Crippen LogP contribution in [-0.2, 0) is 6.54 Å². The Hall–Kier alpha value is -3.49. The van der Waals surface area contributed by atoms with Gasteiger partial charge in [-0.1, -0.05) is 35.5 Å². The van der Waals surface area contributed by atoms with Gasteiger partial charge in [-0.05, 0) is 0 Å². The number of methoxy groups -OCH3 is 1. The van der Waals surface area contributed by atoms with Gasteiger partial charge >= 0.3 is 6.01 Å². The maximum Gasteiger partial charge on any atom is 0.321 e. The maximum absolute atomic E-state index is 12.3. The zero-order valence-electron chi connectivity index (χ0n) is 14.6. The molecule has 0 fully saturated rings. The van der Waals surface area contributed by atoms with Crippen molar-refractivity contribution >= 4 is 11.9 Å². The van der Waals surface area contributed by atoms with Crippen LogP contribution in [0.1, 0.15) is 16.3 Å². The van der Waals surface area contributed by atoms with Gasteiger partial charge in [-0.25, -0.2) is 0 Å². The molecule has 1 N–H and O–H groups in total. The van der Waals surface area contributed by atoms with Crippen molar-refractivity contribution in [3.8, 4) is 17.3 Å². The summed E-state index contributed by atoms with van der Waals surface area (Å²) in [5.74, 6) is 0.948. The number of nitrogens with one attached hydrogen (secondary N) is 1. The molecule has 0 saturated carbocycles. The minimum absolute atomic E-state index is 0.103. The van der Waals surface area contributed by atoms with Crippen molar-refractivity contribution in [1.82, 2.24) is 25.4 Å². The molecule has 1 aromatic carbocycles. The molecule has 0 bridgehead atoms. The molecule has 0 atom stereocenters. The van der Waals surface area contributed by atoms with Crippen LogP contribution in [0.25, 0.3) is 11.3 Å². The Bertz CT molecular complexity index is 895. The summed E-state index contributed by atoms with van der Waals surface area (Å²) >= 11 is 0. The SMILES string of the molecule is COc1nc(CNC(=O)c2cc(-c3ccccc3)on2)nc(N(C)C)n1. The first kappa shape index (κ1) is 17.3. The summed E-state index contributed by atoms with van der Waals surface area (Å²) in [6.07, 6.45) is 0. The summed E-state index contributed by atoms with van der Waals surface area (Å²) in [7, 11) is 5.08. The molecule has 0 aliphatic carbocycles. The Morgan fingerprint density at radius 3 is 2.65 bits per heavy atom. The summed E-state index contributed by atoms with van der Waals surface area (Å²) in [5, 5.41) is 6.52.